The monoisotopic (exact) mass is 322 g/mol. The van der Waals surface area contributed by atoms with E-state index in [0.29, 0.717) is 36.6 Å². The Kier molecular flexibility index (Phi) is 5.44. The fourth-order valence-electron chi connectivity index (χ4n) is 2.24. The number of esters is 1. The number of aryl methyl sites for hydroxylation is 1. The van der Waals surface area contributed by atoms with Gasteiger partial charge in [0.15, 0.2) is 0 Å². The van der Waals surface area contributed by atoms with Crippen molar-refractivity contribution in [1.29, 1.82) is 0 Å². The molecule has 0 spiro atoms. The number of benzene rings is 1. The number of alkyl halides is 1. The Labute approximate surface area is 134 Å². The Morgan fingerprint density at radius 1 is 1.36 bits per heavy atom. The first kappa shape index (κ1) is 16.4. The smallest absolute Gasteiger partial charge is 0.338 e. The zero-order valence-electron chi connectivity index (χ0n) is 12.7. The number of nitrogens with one attached hydrogen (secondary N) is 2. The number of hydrogen-bond acceptors (Lipinski definition) is 3. The molecular weight excluding hydrogens is 304 g/mol. The normalized spacial score (nSPS) is 10.7. The Morgan fingerprint density at radius 3 is 2.82 bits per heavy atom. The van der Waals surface area contributed by atoms with Gasteiger partial charge in [0.25, 0.3) is 0 Å². The average molecular weight is 323 g/mol. The van der Waals surface area contributed by atoms with Crippen LogP contribution in [0.1, 0.15) is 35.7 Å². The van der Waals surface area contributed by atoms with Crippen molar-refractivity contribution in [3.8, 4) is 0 Å². The summed E-state index contributed by atoms with van der Waals surface area (Å²) in [6, 6.07) is 3.41. The van der Waals surface area contributed by atoms with Crippen molar-refractivity contribution in [3.05, 3.63) is 29.5 Å². The first-order valence-corrected chi connectivity index (χ1v) is 7.75. The SMILES string of the molecule is CCOC(=O)c1cc(NC(=O)CCCCl)c2[nH]cc(C)c2c1. The highest BCUT2D eigenvalue weighted by molar-refractivity contribution is 6.18. The average Bonchev–Trinajstić information content (AvgIpc) is 2.87. The molecule has 2 rings (SSSR count). The minimum atomic E-state index is -0.402. The van der Waals surface area contributed by atoms with Gasteiger partial charge in [0.1, 0.15) is 0 Å². The summed E-state index contributed by atoms with van der Waals surface area (Å²) in [5.41, 5.74) is 2.79. The zero-order chi connectivity index (χ0) is 16.1. The number of halogens is 1. The van der Waals surface area contributed by atoms with E-state index in [2.05, 4.69) is 10.3 Å². The molecule has 0 bridgehead atoms. The van der Waals surface area contributed by atoms with Gasteiger partial charge in [0.05, 0.1) is 23.4 Å². The molecule has 0 fully saturated rings. The maximum Gasteiger partial charge on any atom is 0.338 e. The van der Waals surface area contributed by atoms with Crippen LogP contribution < -0.4 is 5.32 Å². The lowest BCUT2D eigenvalue weighted by molar-refractivity contribution is -0.116. The van der Waals surface area contributed by atoms with Crippen LogP contribution >= 0.6 is 11.6 Å². The summed E-state index contributed by atoms with van der Waals surface area (Å²) in [7, 11) is 0. The summed E-state index contributed by atoms with van der Waals surface area (Å²) >= 11 is 5.60. The second-order valence-electron chi connectivity index (χ2n) is 4.98. The molecule has 118 valence electrons. The van der Waals surface area contributed by atoms with Crippen LogP contribution in [0.3, 0.4) is 0 Å². The minimum absolute atomic E-state index is 0.129. The lowest BCUT2D eigenvalue weighted by Gasteiger charge is -2.09. The van der Waals surface area contributed by atoms with E-state index in [1.165, 1.54) is 0 Å². The van der Waals surface area contributed by atoms with Crippen LogP contribution in [-0.4, -0.2) is 29.3 Å². The van der Waals surface area contributed by atoms with Gasteiger partial charge in [0, 0.05) is 23.9 Å². The third-order valence-electron chi connectivity index (χ3n) is 3.32. The molecule has 0 aliphatic rings. The predicted molar refractivity (Wildman–Crippen MR) is 87.6 cm³/mol. The maximum absolute atomic E-state index is 12.0. The number of fused-ring (bicyclic) bond motifs is 1. The molecule has 0 unspecified atom stereocenters. The quantitative estimate of drug-likeness (QED) is 0.630. The van der Waals surface area contributed by atoms with Gasteiger partial charge in [-0.15, -0.1) is 11.6 Å². The van der Waals surface area contributed by atoms with Crippen LogP contribution in [0.4, 0.5) is 5.69 Å². The van der Waals surface area contributed by atoms with E-state index >= 15 is 0 Å². The van der Waals surface area contributed by atoms with Crippen LogP contribution in [0.5, 0.6) is 0 Å². The number of hydrogen-bond donors (Lipinski definition) is 2. The number of carbonyl (C=O) groups is 2. The fourth-order valence-corrected chi connectivity index (χ4v) is 2.37. The zero-order valence-corrected chi connectivity index (χ0v) is 13.4. The molecule has 1 aromatic heterocycles. The van der Waals surface area contributed by atoms with Crippen LogP contribution in [0, 0.1) is 6.92 Å². The molecule has 0 saturated heterocycles. The lowest BCUT2D eigenvalue weighted by atomic mass is 10.1. The van der Waals surface area contributed by atoms with Gasteiger partial charge < -0.3 is 15.0 Å². The van der Waals surface area contributed by atoms with Crippen LogP contribution in [0.15, 0.2) is 18.3 Å². The van der Waals surface area contributed by atoms with Crippen molar-refractivity contribution in [3.63, 3.8) is 0 Å². The number of amides is 1. The summed E-state index contributed by atoms with van der Waals surface area (Å²) in [4.78, 5) is 27.0. The van der Waals surface area contributed by atoms with E-state index in [0.717, 1.165) is 16.5 Å². The molecule has 22 heavy (non-hydrogen) atoms. The molecule has 0 atom stereocenters. The summed E-state index contributed by atoms with van der Waals surface area (Å²) in [5.74, 6) is -0.0932. The van der Waals surface area contributed by atoms with E-state index in [9.17, 15) is 9.59 Å². The highest BCUT2D eigenvalue weighted by atomic mass is 35.5. The molecule has 5 nitrogen and oxygen atoms in total. The van der Waals surface area contributed by atoms with Crippen molar-refractivity contribution < 1.29 is 14.3 Å². The standard InChI is InChI=1S/C16H19ClN2O3/c1-3-22-16(21)11-7-12-10(2)9-18-15(12)13(8-11)19-14(20)5-4-6-17/h7-9,18H,3-6H2,1-2H3,(H,19,20). The number of ether oxygens (including phenoxy) is 1. The van der Waals surface area contributed by atoms with Gasteiger partial charge in [-0.2, -0.15) is 0 Å². The van der Waals surface area contributed by atoms with Crippen molar-refractivity contribution in [2.24, 2.45) is 0 Å². The Bertz CT molecular complexity index is 694. The molecule has 1 heterocycles. The Morgan fingerprint density at radius 2 is 2.14 bits per heavy atom. The van der Waals surface area contributed by atoms with Gasteiger partial charge in [-0.05, 0) is 38.0 Å². The number of carbonyl (C=O) groups excluding carboxylic acids is 2. The lowest BCUT2D eigenvalue weighted by Crippen LogP contribution is -2.13. The Balaban J connectivity index is 2.38. The van der Waals surface area contributed by atoms with Gasteiger partial charge in [-0.25, -0.2) is 4.79 Å². The number of aromatic amines is 1. The number of anilines is 1. The van der Waals surface area contributed by atoms with Crippen molar-refractivity contribution in [1.82, 2.24) is 4.98 Å². The molecule has 1 aromatic carbocycles. The summed E-state index contributed by atoms with van der Waals surface area (Å²) in [5, 5.41) is 3.72. The van der Waals surface area contributed by atoms with Crippen molar-refractivity contribution in [2.45, 2.75) is 26.7 Å². The second-order valence-corrected chi connectivity index (χ2v) is 5.36. The number of aromatic nitrogens is 1. The molecule has 2 N–H and O–H groups in total. The van der Waals surface area contributed by atoms with E-state index in [4.69, 9.17) is 16.3 Å². The Hall–Kier alpha value is -2.01. The highest BCUT2D eigenvalue weighted by Gasteiger charge is 2.15. The van der Waals surface area contributed by atoms with Gasteiger partial charge in [-0.1, -0.05) is 0 Å². The molecule has 6 heteroatoms. The maximum atomic E-state index is 12.0. The molecule has 1 amide bonds. The van der Waals surface area contributed by atoms with Gasteiger partial charge in [0.2, 0.25) is 5.91 Å². The highest BCUT2D eigenvalue weighted by Crippen LogP contribution is 2.28. The molecular formula is C16H19ClN2O3. The number of rotatable bonds is 6. The van der Waals surface area contributed by atoms with E-state index < -0.39 is 5.97 Å². The summed E-state index contributed by atoms with van der Waals surface area (Å²) in [6.45, 7) is 4.00. The first-order chi connectivity index (χ1) is 10.6. The predicted octanol–water partition coefficient (Wildman–Crippen LogP) is 3.61. The van der Waals surface area contributed by atoms with Crippen molar-refractivity contribution >= 4 is 40.1 Å². The molecule has 0 radical (unpaired) electrons. The van der Waals surface area contributed by atoms with Gasteiger partial charge >= 0.3 is 5.97 Å². The van der Waals surface area contributed by atoms with Crippen LogP contribution in [0.2, 0.25) is 0 Å². The second kappa shape index (κ2) is 7.31. The van der Waals surface area contributed by atoms with Crippen molar-refractivity contribution in [2.75, 3.05) is 17.8 Å². The molecule has 2 aromatic rings. The largest absolute Gasteiger partial charge is 0.462 e. The third kappa shape index (κ3) is 3.60. The molecule has 0 aliphatic carbocycles. The summed E-state index contributed by atoms with van der Waals surface area (Å²) in [6.07, 6.45) is 2.79. The molecule has 0 saturated carbocycles. The van der Waals surface area contributed by atoms with E-state index in [1.807, 2.05) is 13.1 Å². The van der Waals surface area contributed by atoms with E-state index in [1.54, 1.807) is 19.1 Å². The number of H-pyrrole nitrogens is 1. The topological polar surface area (TPSA) is 71.2 Å². The summed E-state index contributed by atoms with van der Waals surface area (Å²) < 4.78 is 5.04. The fraction of sp³-hybridized carbons (Fsp3) is 0.375. The van der Waals surface area contributed by atoms with Gasteiger partial charge in [-0.3, -0.25) is 4.79 Å². The molecule has 0 aliphatic heterocycles. The third-order valence-corrected chi connectivity index (χ3v) is 3.59. The van der Waals surface area contributed by atoms with Crippen LogP contribution in [-0.2, 0) is 9.53 Å². The van der Waals surface area contributed by atoms with E-state index in [-0.39, 0.29) is 5.91 Å². The van der Waals surface area contributed by atoms with Crippen LogP contribution in [0.25, 0.3) is 10.9 Å². The minimum Gasteiger partial charge on any atom is -0.462 e. The first-order valence-electron chi connectivity index (χ1n) is 7.21.